The van der Waals surface area contributed by atoms with Gasteiger partial charge < -0.3 is 9.80 Å². The van der Waals surface area contributed by atoms with E-state index >= 15 is 0 Å². The van der Waals surface area contributed by atoms with Gasteiger partial charge in [0.25, 0.3) is 0 Å². The van der Waals surface area contributed by atoms with Crippen molar-refractivity contribution in [3.63, 3.8) is 0 Å². The fourth-order valence-corrected chi connectivity index (χ4v) is 4.41. The molecule has 0 atom stereocenters. The number of carbonyl (C=O) groups excluding carboxylic acids is 1. The Balaban J connectivity index is 1.67. The zero-order valence-electron chi connectivity index (χ0n) is 14.9. The third kappa shape index (κ3) is 2.55. The Bertz CT molecular complexity index is 667. The Hall–Kier alpha value is -1.42. The first kappa shape index (κ1) is 16.1. The number of nitrogens with zero attached hydrogens (tertiary/aromatic N) is 2. The second-order valence-corrected chi connectivity index (χ2v) is 8.85. The van der Waals surface area contributed by atoms with Crippen LogP contribution in [0.2, 0.25) is 0 Å². The van der Waals surface area contributed by atoms with Gasteiger partial charge in [0.15, 0.2) is 0 Å². The van der Waals surface area contributed by atoms with Crippen LogP contribution in [0.25, 0.3) is 0 Å². The predicted octanol–water partition coefficient (Wildman–Crippen LogP) is 3.71. The molecule has 1 aliphatic carbocycles. The smallest absolute Gasteiger partial charge is 0.232 e. The summed E-state index contributed by atoms with van der Waals surface area (Å²) in [5.41, 5.74) is 1.49. The first-order chi connectivity index (χ1) is 11.3. The molecule has 2 aliphatic heterocycles. The van der Waals surface area contributed by atoms with E-state index in [-0.39, 0.29) is 17.1 Å². The van der Waals surface area contributed by atoms with E-state index in [4.69, 9.17) is 0 Å². The first-order valence-electron chi connectivity index (χ1n) is 9.16. The van der Waals surface area contributed by atoms with Gasteiger partial charge in [0.2, 0.25) is 5.91 Å². The number of piperidine rings is 1. The van der Waals surface area contributed by atoms with Crippen LogP contribution in [0.1, 0.15) is 52.0 Å². The van der Waals surface area contributed by atoms with Crippen molar-refractivity contribution in [3.8, 4) is 0 Å². The van der Waals surface area contributed by atoms with Crippen molar-refractivity contribution in [2.45, 2.75) is 57.9 Å². The Morgan fingerprint density at radius 1 is 1.21 bits per heavy atom. The van der Waals surface area contributed by atoms with Gasteiger partial charge in [0, 0.05) is 29.1 Å². The lowest BCUT2D eigenvalue weighted by atomic mass is 9.74. The van der Waals surface area contributed by atoms with Gasteiger partial charge in [-0.05, 0) is 62.5 Å². The Labute approximate surface area is 143 Å². The number of carbonyl (C=O) groups is 1. The molecule has 1 saturated carbocycles. The molecular formula is C20H27FN2O. The number of hydrogen-bond acceptors (Lipinski definition) is 2. The third-order valence-corrected chi connectivity index (χ3v) is 5.99. The summed E-state index contributed by atoms with van der Waals surface area (Å²) in [6.45, 7) is 8.72. The van der Waals surface area contributed by atoms with Gasteiger partial charge >= 0.3 is 0 Å². The van der Waals surface area contributed by atoms with Crippen LogP contribution in [0.3, 0.4) is 0 Å². The van der Waals surface area contributed by atoms with Crippen molar-refractivity contribution < 1.29 is 9.18 Å². The minimum atomic E-state index is -0.425. The summed E-state index contributed by atoms with van der Waals surface area (Å²) >= 11 is 0. The maximum Gasteiger partial charge on any atom is 0.232 e. The standard InChI is InChI=1S/C20H27FN2O/c1-19(2,3)18(24)23-13-20(16-12-14(21)4-7-17(16)23)8-10-22(11-9-20)15-5-6-15/h4,7,12,15H,5-6,8-11,13H2,1-3H3. The fourth-order valence-electron chi connectivity index (χ4n) is 4.41. The molecule has 2 fully saturated rings. The van der Waals surface area contributed by atoms with Gasteiger partial charge in [-0.25, -0.2) is 4.39 Å². The van der Waals surface area contributed by atoms with E-state index in [1.165, 1.54) is 18.9 Å². The summed E-state index contributed by atoms with van der Waals surface area (Å²) in [5.74, 6) is -0.0559. The molecule has 0 bridgehead atoms. The zero-order valence-corrected chi connectivity index (χ0v) is 14.9. The van der Waals surface area contributed by atoms with E-state index < -0.39 is 5.41 Å². The molecule has 4 rings (SSSR count). The molecule has 1 aromatic carbocycles. The molecule has 0 unspecified atom stereocenters. The number of anilines is 1. The summed E-state index contributed by atoms with van der Waals surface area (Å²) in [4.78, 5) is 17.4. The normalized spacial score (nSPS) is 23.6. The summed E-state index contributed by atoms with van der Waals surface area (Å²) in [7, 11) is 0. The molecular weight excluding hydrogens is 303 g/mol. The second-order valence-electron chi connectivity index (χ2n) is 8.85. The predicted molar refractivity (Wildman–Crippen MR) is 93.7 cm³/mol. The van der Waals surface area contributed by atoms with Crippen LogP contribution in [-0.2, 0) is 10.2 Å². The highest BCUT2D eigenvalue weighted by Gasteiger charge is 2.49. The van der Waals surface area contributed by atoms with Gasteiger partial charge in [-0.2, -0.15) is 0 Å². The molecule has 1 amide bonds. The van der Waals surface area contributed by atoms with Crippen molar-refractivity contribution in [1.29, 1.82) is 0 Å². The molecule has 24 heavy (non-hydrogen) atoms. The number of benzene rings is 1. The fraction of sp³-hybridized carbons (Fsp3) is 0.650. The highest BCUT2D eigenvalue weighted by molar-refractivity contribution is 5.99. The summed E-state index contributed by atoms with van der Waals surface area (Å²) in [6, 6.07) is 5.75. The van der Waals surface area contributed by atoms with Crippen molar-refractivity contribution >= 4 is 11.6 Å². The summed E-state index contributed by atoms with van der Waals surface area (Å²) < 4.78 is 14.0. The average Bonchev–Trinajstić information content (AvgIpc) is 3.33. The first-order valence-corrected chi connectivity index (χ1v) is 9.16. The van der Waals surface area contributed by atoms with Gasteiger partial charge in [-0.3, -0.25) is 4.79 Å². The number of amides is 1. The number of hydrogen-bond donors (Lipinski definition) is 0. The summed E-state index contributed by atoms with van der Waals surface area (Å²) in [5, 5.41) is 0. The molecule has 1 saturated heterocycles. The Kier molecular flexibility index (Phi) is 3.54. The maximum atomic E-state index is 14.0. The van der Waals surface area contributed by atoms with Crippen molar-refractivity contribution in [2.75, 3.05) is 24.5 Å². The molecule has 1 spiro atoms. The van der Waals surface area contributed by atoms with Gasteiger partial charge in [-0.15, -0.1) is 0 Å². The lowest BCUT2D eigenvalue weighted by molar-refractivity contribution is -0.125. The summed E-state index contributed by atoms with van der Waals surface area (Å²) in [6.07, 6.45) is 4.70. The van der Waals surface area contributed by atoms with Crippen LogP contribution in [0.5, 0.6) is 0 Å². The number of rotatable bonds is 1. The number of halogens is 1. The van der Waals surface area contributed by atoms with Crippen molar-refractivity contribution in [1.82, 2.24) is 4.90 Å². The lowest BCUT2D eigenvalue weighted by Gasteiger charge is -2.40. The lowest BCUT2D eigenvalue weighted by Crippen LogP contribution is -2.48. The molecule has 0 radical (unpaired) electrons. The van der Waals surface area contributed by atoms with E-state index in [2.05, 4.69) is 4.90 Å². The Morgan fingerprint density at radius 3 is 2.46 bits per heavy atom. The highest BCUT2D eigenvalue weighted by Crippen LogP contribution is 2.49. The van der Waals surface area contributed by atoms with E-state index in [0.717, 1.165) is 43.2 Å². The molecule has 0 aromatic heterocycles. The monoisotopic (exact) mass is 330 g/mol. The van der Waals surface area contributed by atoms with Crippen LogP contribution in [-0.4, -0.2) is 36.5 Å². The van der Waals surface area contributed by atoms with Crippen LogP contribution >= 0.6 is 0 Å². The average molecular weight is 330 g/mol. The minimum Gasteiger partial charge on any atom is -0.311 e. The van der Waals surface area contributed by atoms with Crippen LogP contribution in [0.15, 0.2) is 18.2 Å². The SMILES string of the molecule is CC(C)(C)C(=O)N1CC2(CCN(C3CC3)CC2)c2cc(F)ccc21. The highest BCUT2D eigenvalue weighted by atomic mass is 19.1. The third-order valence-electron chi connectivity index (χ3n) is 5.99. The molecule has 3 nitrogen and oxygen atoms in total. The van der Waals surface area contributed by atoms with Crippen molar-refractivity contribution in [2.24, 2.45) is 5.41 Å². The van der Waals surface area contributed by atoms with E-state index in [0.29, 0.717) is 6.54 Å². The second kappa shape index (κ2) is 5.29. The van der Waals surface area contributed by atoms with Crippen molar-refractivity contribution in [3.05, 3.63) is 29.6 Å². The van der Waals surface area contributed by atoms with E-state index in [1.807, 2.05) is 25.7 Å². The molecule has 1 aromatic rings. The van der Waals surface area contributed by atoms with Gasteiger partial charge in [0.05, 0.1) is 0 Å². The maximum absolute atomic E-state index is 14.0. The number of fused-ring (bicyclic) bond motifs is 2. The minimum absolute atomic E-state index is 0.0657. The van der Waals surface area contributed by atoms with Gasteiger partial charge in [0.1, 0.15) is 5.82 Å². The largest absolute Gasteiger partial charge is 0.311 e. The molecule has 4 heteroatoms. The van der Waals surface area contributed by atoms with E-state index in [9.17, 15) is 9.18 Å². The van der Waals surface area contributed by atoms with Crippen LogP contribution < -0.4 is 4.90 Å². The Morgan fingerprint density at radius 2 is 1.88 bits per heavy atom. The molecule has 3 aliphatic rings. The molecule has 130 valence electrons. The van der Waals surface area contributed by atoms with Crippen LogP contribution in [0.4, 0.5) is 10.1 Å². The molecule has 0 N–H and O–H groups in total. The number of likely N-dealkylation sites (tertiary alicyclic amines) is 1. The molecule has 2 heterocycles. The topological polar surface area (TPSA) is 23.6 Å². The quantitative estimate of drug-likeness (QED) is 0.783. The van der Waals surface area contributed by atoms with Gasteiger partial charge in [-0.1, -0.05) is 20.8 Å². The zero-order chi connectivity index (χ0) is 17.1. The van der Waals surface area contributed by atoms with Crippen LogP contribution in [0, 0.1) is 11.2 Å². The van der Waals surface area contributed by atoms with E-state index in [1.54, 1.807) is 12.1 Å².